The number of pyridine rings is 1. The van der Waals surface area contributed by atoms with Crippen LogP contribution >= 0.6 is 0 Å². The fourth-order valence-corrected chi connectivity index (χ4v) is 4.53. The van der Waals surface area contributed by atoms with E-state index < -0.39 is 5.54 Å². The molecule has 0 aromatic carbocycles. The molecule has 2 aromatic rings. The van der Waals surface area contributed by atoms with E-state index in [4.69, 9.17) is 0 Å². The number of hydrogen-bond acceptors (Lipinski definition) is 5. The first-order valence-electron chi connectivity index (χ1n) is 10.7. The van der Waals surface area contributed by atoms with Crippen molar-refractivity contribution in [3.05, 3.63) is 36.3 Å². The molecule has 29 heavy (non-hydrogen) atoms. The van der Waals surface area contributed by atoms with Crippen LogP contribution < -0.4 is 5.32 Å². The molecule has 1 N–H and O–H groups in total. The Bertz CT molecular complexity index is 853. The van der Waals surface area contributed by atoms with E-state index in [-0.39, 0.29) is 11.9 Å². The number of piperazine rings is 1. The number of imidazole rings is 1. The van der Waals surface area contributed by atoms with Gasteiger partial charge in [-0.15, -0.1) is 0 Å². The Kier molecular flexibility index (Phi) is 5.84. The molecule has 1 amide bonds. The normalized spacial score (nSPS) is 21.5. The minimum Gasteiger partial charge on any atom is -0.336 e. The number of amides is 1. The van der Waals surface area contributed by atoms with Gasteiger partial charge in [-0.1, -0.05) is 25.3 Å². The zero-order valence-corrected chi connectivity index (χ0v) is 17.2. The average Bonchev–Trinajstić information content (AvgIpc) is 3.16. The number of fused-ring (bicyclic) bond motifs is 1. The third-order valence-electron chi connectivity index (χ3n) is 6.42. The second kappa shape index (κ2) is 8.52. The van der Waals surface area contributed by atoms with Gasteiger partial charge in [0.2, 0.25) is 5.91 Å². The molecule has 0 spiro atoms. The van der Waals surface area contributed by atoms with Gasteiger partial charge in [-0.05, 0) is 31.9 Å². The zero-order valence-electron chi connectivity index (χ0n) is 17.2. The molecule has 2 fully saturated rings. The van der Waals surface area contributed by atoms with E-state index in [0.717, 1.165) is 76.2 Å². The Morgan fingerprint density at radius 3 is 2.69 bits per heavy atom. The summed E-state index contributed by atoms with van der Waals surface area (Å²) in [7, 11) is 0. The molecule has 2 aliphatic rings. The molecule has 7 heteroatoms. The number of aromatic nitrogens is 2. The van der Waals surface area contributed by atoms with Crippen LogP contribution in [0.1, 0.15) is 44.7 Å². The first-order chi connectivity index (χ1) is 14.1. The van der Waals surface area contributed by atoms with E-state index in [2.05, 4.69) is 32.4 Å². The quantitative estimate of drug-likeness (QED) is 0.841. The lowest BCUT2D eigenvalue weighted by molar-refractivity contribution is -0.128. The maximum Gasteiger partial charge on any atom is 0.238 e. The Morgan fingerprint density at radius 2 is 2.00 bits per heavy atom. The SMILES string of the molecule is CC(C(=O)NC1(C#N)CCCCC1)N1CCN(Cc2cn3ccccc3n2)CC1. The van der Waals surface area contributed by atoms with Crippen LogP contribution in [-0.4, -0.2) is 62.9 Å². The first-order valence-corrected chi connectivity index (χ1v) is 10.7. The molecule has 1 unspecified atom stereocenters. The van der Waals surface area contributed by atoms with Crippen molar-refractivity contribution in [3.8, 4) is 6.07 Å². The van der Waals surface area contributed by atoms with Crippen LogP contribution in [0, 0.1) is 11.3 Å². The standard InChI is InChI=1S/C22H30N6O/c1-18(21(29)25-22(17-23)8-4-2-5-9-22)27-13-11-26(12-14-27)15-19-16-28-10-6-3-7-20(28)24-19/h3,6-7,10,16,18H,2,4-5,8-9,11-15H2,1H3,(H,25,29). The fourth-order valence-electron chi connectivity index (χ4n) is 4.53. The van der Waals surface area contributed by atoms with Crippen LogP contribution in [0.5, 0.6) is 0 Å². The van der Waals surface area contributed by atoms with Gasteiger partial charge in [0, 0.05) is 45.1 Å². The number of carbonyl (C=O) groups excluding carboxylic acids is 1. The van der Waals surface area contributed by atoms with Gasteiger partial charge in [-0.3, -0.25) is 14.6 Å². The predicted molar refractivity (Wildman–Crippen MR) is 111 cm³/mol. The van der Waals surface area contributed by atoms with Crippen molar-refractivity contribution in [2.24, 2.45) is 0 Å². The van der Waals surface area contributed by atoms with Crippen LogP contribution in [0.4, 0.5) is 0 Å². The number of nitrogens with one attached hydrogen (secondary N) is 1. The minimum atomic E-state index is -0.658. The molecular weight excluding hydrogens is 364 g/mol. The highest BCUT2D eigenvalue weighted by Gasteiger charge is 2.36. The maximum absolute atomic E-state index is 12.8. The molecule has 0 radical (unpaired) electrons. The summed E-state index contributed by atoms with van der Waals surface area (Å²) < 4.78 is 2.05. The minimum absolute atomic E-state index is 0.0118. The Balaban J connectivity index is 1.29. The molecule has 1 saturated carbocycles. The van der Waals surface area contributed by atoms with Crippen LogP contribution in [-0.2, 0) is 11.3 Å². The third-order valence-corrected chi connectivity index (χ3v) is 6.42. The summed E-state index contributed by atoms with van der Waals surface area (Å²) in [6.07, 6.45) is 8.84. The van der Waals surface area contributed by atoms with Crippen molar-refractivity contribution < 1.29 is 4.79 Å². The lowest BCUT2D eigenvalue weighted by Crippen LogP contribution is -2.58. The van der Waals surface area contributed by atoms with Crippen molar-refractivity contribution in [1.29, 1.82) is 5.26 Å². The number of rotatable bonds is 5. The topological polar surface area (TPSA) is 76.7 Å². The van der Waals surface area contributed by atoms with Gasteiger partial charge in [0.05, 0.1) is 17.8 Å². The number of nitriles is 1. The Morgan fingerprint density at radius 1 is 1.24 bits per heavy atom. The lowest BCUT2D eigenvalue weighted by atomic mass is 9.82. The molecule has 2 aromatic heterocycles. The van der Waals surface area contributed by atoms with E-state index in [0.29, 0.717) is 0 Å². The highest BCUT2D eigenvalue weighted by molar-refractivity contribution is 5.82. The van der Waals surface area contributed by atoms with Gasteiger partial charge in [0.15, 0.2) is 0 Å². The molecule has 4 rings (SSSR count). The molecule has 7 nitrogen and oxygen atoms in total. The summed E-state index contributed by atoms with van der Waals surface area (Å²) in [6.45, 7) is 6.31. The fraction of sp³-hybridized carbons (Fsp3) is 0.591. The number of nitrogens with zero attached hydrogens (tertiary/aromatic N) is 5. The van der Waals surface area contributed by atoms with E-state index in [1.54, 1.807) is 0 Å². The van der Waals surface area contributed by atoms with Gasteiger partial charge >= 0.3 is 0 Å². The highest BCUT2D eigenvalue weighted by atomic mass is 16.2. The molecule has 0 bridgehead atoms. The van der Waals surface area contributed by atoms with Crippen LogP contribution in [0.2, 0.25) is 0 Å². The summed E-state index contributed by atoms with van der Waals surface area (Å²) in [5.74, 6) is -0.0118. The third kappa shape index (κ3) is 4.44. The molecular formula is C22H30N6O. The van der Waals surface area contributed by atoms with Gasteiger partial charge < -0.3 is 9.72 Å². The number of hydrogen-bond donors (Lipinski definition) is 1. The van der Waals surface area contributed by atoms with Gasteiger partial charge in [-0.2, -0.15) is 5.26 Å². The van der Waals surface area contributed by atoms with Crippen molar-refractivity contribution in [1.82, 2.24) is 24.5 Å². The highest BCUT2D eigenvalue weighted by Crippen LogP contribution is 2.27. The average molecular weight is 395 g/mol. The molecule has 154 valence electrons. The monoisotopic (exact) mass is 394 g/mol. The van der Waals surface area contributed by atoms with Crippen LogP contribution in [0.15, 0.2) is 30.6 Å². The largest absolute Gasteiger partial charge is 0.336 e. The van der Waals surface area contributed by atoms with Gasteiger partial charge in [0.1, 0.15) is 11.2 Å². The summed E-state index contributed by atoms with van der Waals surface area (Å²) >= 11 is 0. The molecule has 1 aliphatic heterocycles. The number of carbonyl (C=O) groups is 1. The predicted octanol–water partition coefficient (Wildman–Crippen LogP) is 2.18. The van der Waals surface area contributed by atoms with E-state index in [1.165, 1.54) is 0 Å². The first kappa shape index (κ1) is 19.9. The Hall–Kier alpha value is -2.43. The van der Waals surface area contributed by atoms with Crippen molar-refractivity contribution in [2.75, 3.05) is 26.2 Å². The summed E-state index contributed by atoms with van der Waals surface area (Å²) in [6, 6.07) is 8.20. The smallest absolute Gasteiger partial charge is 0.238 e. The second-order valence-electron chi connectivity index (χ2n) is 8.43. The second-order valence-corrected chi connectivity index (χ2v) is 8.43. The van der Waals surface area contributed by atoms with Gasteiger partial charge in [-0.25, -0.2) is 4.98 Å². The van der Waals surface area contributed by atoms with Crippen molar-refractivity contribution in [3.63, 3.8) is 0 Å². The molecule has 1 atom stereocenters. The van der Waals surface area contributed by atoms with Gasteiger partial charge in [0.25, 0.3) is 0 Å². The van der Waals surface area contributed by atoms with Crippen molar-refractivity contribution >= 4 is 11.6 Å². The van der Waals surface area contributed by atoms with E-state index in [9.17, 15) is 10.1 Å². The summed E-state index contributed by atoms with van der Waals surface area (Å²) in [4.78, 5) is 22.1. The summed E-state index contributed by atoms with van der Waals surface area (Å²) in [5, 5.41) is 12.7. The Labute approximate surface area is 172 Å². The zero-order chi connectivity index (χ0) is 20.3. The van der Waals surface area contributed by atoms with Crippen LogP contribution in [0.25, 0.3) is 5.65 Å². The molecule has 1 aliphatic carbocycles. The van der Waals surface area contributed by atoms with E-state index in [1.807, 2.05) is 35.7 Å². The molecule has 1 saturated heterocycles. The van der Waals surface area contributed by atoms with Crippen molar-refractivity contribution in [2.45, 2.75) is 57.2 Å². The summed E-state index contributed by atoms with van der Waals surface area (Å²) in [5.41, 5.74) is 1.39. The van der Waals surface area contributed by atoms with Crippen LogP contribution in [0.3, 0.4) is 0 Å². The molecule has 3 heterocycles. The van der Waals surface area contributed by atoms with E-state index >= 15 is 0 Å². The maximum atomic E-state index is 12.8. The lowest BCUT2D eigenvalue weighted by Gasteiger charge is -2.39.